The highest BCUT2D eigenvalue weighted by Gasteiger charge is 2.15. The average molecular weight is 330 g/mol. The molecule has 0 heterocycles. The molecule has 0 aromatic heterocycles. The Hall–Kier alpha value is -0.260. The normalized spacial score (nSPS) is 12.5. The van der Waals surface area contributed by atoms with Gasteiger partial charge in [0.05, 0.1) is 0 Å². The Kier molecular flexibility index (Phi) is 4.89. The Morgan fingerprint density at radius 2 is 1.73 bits per heavy atom. The molecule has 1 aromatic carbocycles. The third-order valence-electron chi connectivity index (χ3n) is 2.46. The molecule has 0 saturated heterocycles. The molecule has 80 valence electrons. The second kappa shape index (κ2) is 5.72. The van der Waals surface area contributed by atoms with Crippen LogP contribution in [0.25, 0.3) is 0 Å². The van der Waals surface area contributed by atoms with Gasteiger partial charge in [-0.15, -0.1) is 12.3 Å². The lowest BCUT2D eigenvalue weighted by molar-refractivity contribution is 0.507. The van der Waals surface area contributed by atoms with Gasteiger partial charge in [-0.3, -0.25) is 0 Å². The van der Waals surface area contributed by atoms with Crippen LogP contribution in [0.15, 0.2) is 27.1 Å². The molecule has 15 heavy (non-hydrogen) atoms. The quantitative estimate of drug-likeness (QED) is 0.686. The summed E-state index contributed by atoms with van der Waals surface area (Å²) < 4.78 is 2.18. The summed E-state index contributed by atoms with van der Waals surface area (Å²) in [7, 11) is 0. The fraction of sp³-hybridized carbons (Fsp3) is 0.385. The highest BCUT2D eigenvalue weighted by atomic mass is 79.9. The maximum absolute atomic E-state index is 5.41. The van der Waals surface area contributed by atoms with Gasteiger partial charge in [0, 0.05) is 15.4 Å². The highest BCUT2D eigenvalue weighted by Crippen LogP contribution is 2.31. The number of rotatable bonds is 3. The molecule has 1 unspecified atom stereocenters. The SMILES string of the molecule is C#CCC(c1cc(Br)cc(Br)c1)C(C)C. The molecule has 1 aromatic rings. The molecule has 0 fully saturated rings. The van der Waals surface area contributed by atoms with E-state index in [1.54, 1.807) is 0 Å². The summed E-state index contributed by atoms with van der Waals surface area (Å²) in [6.45, 7) is 4.41. The number of hydrogen-bond donors (Lipinski definition) is 0. The monoisotopic (exact) mass is 328 g/mol. The van der Waals surface area contributed by atoms with Crippen LogP contribution in [0.1, 0.15) is 31.7 Å². The Morgan fingerprint density at radius 3 is 2.13 bits per heavy atom. The molecule has 1 rings (SSSR count). The summed E-state index contributed by atoms with van der Waals surface area (Å²) in [5, 5.41) is 0. The van der Waals surface area contributed by atoms with Crippen molar-refractivity contribution in [1.29, 1.82) is 0 Å². The van der Waals surface area contributed by atoms with Crippen molar-refractivity contribution in [2.45, 2.75) is 26.2 Å². The Balaban J connectivity index is 3.06. The third kappa shape index (κ3) is 3.66. The summed E-state index contributed by atoms with van der Waals surface area (Å²) in [6.07, 6.45) is 6.20. The standard InChI is InChI=1S/C13H14Br2/c1-4-5-13(9(2)3)10-6-11(14)8-12(15)7-10/h1,6-9,13H,5H2,2-3H3. The summed E-state index contributed by atoms with van der Waals surface area (Å²) in [5.41, 5.74) is 1.30. The van der Waals surface area contributed by atoms with E-state index in [2.05, 4.69) is 63.8 Å². The largest absolute Gasteiger partial charge is 0.120 e. The van der Waals surface area contributed by atoms with Crippen molar-refractivity contribution >= 4 is 31.9 Å². The lowest BCUT2D eigenvalue weighted by Gasteiger charge is -2.19. The van der Waals surface area contributed by atoms with Gasteiger partial charge in [-0.1, -0.05) is 45.7 Å². The molecule has 0 radical (unpaired) electrons. The van der Waals surface area contributed by atoms with E-state index in [1.165, 1.54) is 5.56 Å². The second-order valence-corrected chi connectivity index (χ2v) is 5.79. The van der Waals surface area contributed by atoms with Gasteiger partial charge in [-0.05, 0) is 35.6 Å². The van der Waals surface area contributed by atoms with E-state index in [0.29, 0.717) is 11.8 Å². The number of hydrogen-bond acceptors (Lipinski definition) is 0. The summed E-state index contributed by atoms with van der Waals surface area (Å²) in [6, 6.07) is 6.33. The van der Waals surface area contributed by atoms with Gasteiger partial charge >= 0.3 is 0 Å². The van der Waals surface area contributed by atoms with Crippen LogP contribution in [0.2, 0.25) is 0 Å². The van der Waals surface area contributed by atoms with Crippen LogP contribution in [0.3, 0.4) is 0 Å². The van der Waals surface area contributed by atoms with Gasteiger partial charge in [-0.2, -0.15) is 0 Å². The maximum atomic E-state index is 5.41. The lowest BCUT2D eigenvalue weighted by Crippen LogP contribution is -2.06. The van der Waals surface area contributed by atoms with Crippen LogP contribution in [0.4, 0.5) is 0 Å². The van der Waals surface area contributed by atoms with E-state index >= 15 is 0 Å². The van der Waals surface area contributed by atoms with Crippen LogP contribution in [-0.4, -0.2) is 0 Å². The Labute approximate surface area is 109 Å². The molecule has 0 nitrogen and oxygen atoms in total. The van der Waals surface area contributed by atoms with E-state index in [9.17, 15) is 0 Å². The van der Waals surface area contributed by atoms with Crippen LogP contribution in [0.5, 0.6) is 0 Å². The molecule has 0 amide bonds. The van der Waals surface area contributed by atoms with Gasteiger partial charge in [0.15, 0.2) is 0 Å². The number of terminal acetylenes is 1. The molecule has 0 saturated carbocycles. The molecular weight excluding hydrogens is 316 g/mol. The van der Waals surface area contributed by atoms with Crippen molar-refractivity contribution in [3.05, 3.63) is 32.7 Å². The van der Waals surface area contributed by atoms with Crippen molar-refractivity contribution in [2.75, 3.05) is 0 Å². The van der Waals surface area contributed by atoms with E-state index < -0.39 is 0 Å². The van der Waals surface area contributed by atoms with Crippen molar-refractivity contribution < 1.29 is 0 Å². The van der Waals surface area contributed by atoms with Crippen LogP contribution in [0, 0.1) is 18.3 Å². The first kappa shape index (κ1) is 12.8. The molecule has 0 N–H and O–H groups in total. The second-order valence-electron chi connectivity index (χ2n) is 3.96. The van der Waals surface area contributed by atoms with E-state index in [4.69, 9.17) is 6.42 Å². The molecule has 0 aliphatic heterocycles. The van der Waals surface area contributed by atoms with Crippen LogP contribution >= 0.6 is 31.9 Å². The highest BCUT2D eigenvalue weighted by molar-refractivity contribution is 9.11. The zero-order chi connectivity index (χ0) is 11.4. The number of benzene rings is 1. The third-order valence-corrected chi connectivity index (χ3v) is 3.37. The predicted molar refractivity (Wildman–Crippen MR) is 72.9 cm³/mol. The lowest BCUT2D eigenvalue weighted by atomic mass is 9.86. The van der Waals surface area contributed by atoms with Crippen molar-refractivity contribution in [1.82, 2.24) is 0 Å². The van der Waals surface area contributed by atoms with E-state index in [1.807, 2.05) is 6.07 Å². The van der Waals surface area contributed by atoms with Crippen molar-refractivity contribution in [2.24, 2.45) is 5.92 Å². The minimum atomic E-state index is 0.434. The van der Waals surface area contributed by atoms with Gasteiger partial charge < -0.3 is 0 Å². The first-order valence-corrected chi connectivity index (χ1v) is 6.52. The minimum absolute atomic E-state index is 0.434. The average Bonchev–Trinajstić information content (AvgIpc) is 2.11. The molecule has 1 atom stereocenters. The molecule has 0 spiro atoms. The molecular formula is C13H14Br2. The maximum Gasteiger partial charge on any atom is 0.0189 e. The van der Waals surface area contributed by atoms with Gasteiger partial charge in [0.2, 0.25) is 0 Å². The van der Waals surface area contributed by atoms with Gasteiger partial charge in [-0.25, -0.2) is 0 Å². The van der Waals surface area contributed by atoms with Gasteiger partial charge in [0.25, 0.3) is 0 Å². The van der Waals surface area contributed by atoms with Crippen molar-refractivity contribution in [3.63, 3.8) is 0 Å². The van der Waals surface area contributed by atoms with Gasteiger partial charge in [0.1, 0.15) is 0 Å². The topological polar surface area (TPSA) is 0 Å². The molecule has 0 bridgehead atoms. The first-order valence-electron chi connectivity index (χ1n) is 4.94. The minimum Gasteiger partial charge on any atom is -0.120 e. The summed E-state index contributed by atoms with van der Waals surface area (Å²) in [4.78, 5) is 0. The molecule has 0 aliphatic rings. The fourth-order valence-electron chi connectivity index (χ4n) is 1.65. The zero-order valence-electron chi connectivity index (χ0n) is 8.93. The van der Waals surface area contributed by atoms with Crippen LogP contribution < -0.4 is 0 Å². The van der Waals surface area contributed by atoms with Crippen LogP contribution in [-0.2, 0) is 0 Å². The molecule has 2 heteroatoms. The van der Waals surface area contributed by atoms with E-state index in [-0.39, 0.29) is 0 Å². The van der Waals surface area contributed by atoms with E-state index in [0.717, 1.165) is 15.4 Å². The van der Waals surface area contributed by atoms with Crippen molar-refractivity contribution in [3.8, 4) is 12.3 Å². The number of halogens is 2. The fourth-order valence-corrected chi connectivity index (χ4v) is 2.98. The summed E-state index contributed by atoms with van der Waals surface area (Å²) >= 11 is 7.00. The zero-order valence-corrected chi connectivity index (χ0v) is 12.1. The first-order chi connectivity index (χ1) is 7.04. The Bertz CT molecular complexity index is 354. The Morgan fingerprint density at radius 1 is 1.20 bits per heavy atom. The summed E-state index contributed by atoms with van der Waals surface area (Å²) in [5.74, 6) is 3.75. The molecule has 0 aliphatic carbocycles. The smallest absolute Gasteiger partial charge is 0.0189 e. The predicted octanol–water partition coefficient (Wildman–Crippen LogP) is 4.97.